The molecule has 2 aromatic carbocycles. The van der Waals surface area contributed by atoms with Gasteiger partial charge in [-0.1, -0.05) is 83.1 Å². The molecular weight excluding hydrogens is 482 g/mol. The van der Waals surface area contributed by atoms with Crippen LogP contribution >= 0.6 is 0 Å². The lowest BCUT2D eigenvalue weighted by atomic mass is 9.68. The molecule has 3 fully saturated rings. The van der Waals surface area contributed by atoms with Gasteiger partial charge < -0.3 is 0 Å². The van der Waals surface area contributed by atoms with Crippen LogP contribution < -0.4 is 0 Å². The van der Waals surface area contributed by atoms with Crippen LogP contribution in [0.15, 0.2) is 36.4 Å². The first kappa shape index (κ1) is 28.8. The molecule has 0 heterocycles. The Labute approximate surface area is 237 Å². The molecule has 0 radical (unpaired) electrons. The van der Waals surface area contributed by atoms with Crippen LogP contribution in [0.25, 0.3) is 11.1 Å². The zero-order chi connectivity index (χ0) is 27.2. The normalized spacial score (nSPS) is 29.8. The van der Waals surface area contributed by atoms with Crippen molar-refractivity contribution in [1.82, 2.24) is 0 Å². The van der Waals surface area contributed by atoms with Gasteiger partial charge in [-0.2, -0.15) is 0 Å². The van der Waals surface area contributed by atoms with Crippen molar-refractivity contribution in [3.8, 4) is 11.1 Å². The maximum absolute atomic E-state index is 15.4. The quantitative estimate of drug-likeness (QED) is 0.281. The summed E-state index contributed by atoms with van der Waals surface area (Å²) < 4.78 is 30.6. The van der Waals surface area contributed by atoms with Crippen LogP contribution in [0.1, 0.15) is 146 Å². The van der Waals surface area contributed by atoms with Crippen molar-refractivity contribution in [3.05, 3.63) is 59.2 Å². The molecule has 0 nitrogen and oxygen atoms in total. The van der Waals surface area contributed by atoms with Crippen LogP contribution in [-0.2, 0) is 0 Å². The van der Waals surface area contributed by atoms with Crippen molar-refractivity contribution in [2.45, 2.75) is 135 Å². The van der Waals surface area contributed by atoms with E-state index in [4.69, 9.17) is 0 Å². The first-order valence-corrected chi connectivity index (χ1v) is 16.6. The molecule has 2 heteroatoms. The van der Waals surface area contributed by atoms with E-state index in [-0.39, 0.29) is 11.6 Å². The van der Waals surface area contributed by atoms with Crippen LogP contribution in [0.5, 0.6) is 0 Å². The van der Waals surface area contributed by atoms with Crippen LogP contribution in [0.3, 0.4) is 0 Å². The number of hydrogen-bond acceptors (Lipinski definition) is 0. The molecule has 0 spiro atoms. The highest BCUT2D eigenvalue weighted by Gasteiger charge is 2.31. The molecule has 3 aliphatic carbocycles. The minimum atomic E-state index is -0.280. The summed E-state index contributed by atoms with van der Waals surface area (Å²) in [5.74, 6) is 3.93. The Kier molecular flexibility index (Phi) is 10.2. The Morgan fingerprint density at radius 2 is 1.03 bits per heavy atom. The average Bonchev–Trinajstić information content (AvgIpc) is 2.98. The summed E-state index contributed by atoms with van der Waals surface area (Å²) in [6.07, 6.45) is 22.3. The molecule has 0 aromatic heterocycles. The van der Waals surface area contributed by atoms with Gasteiger partial charge in [-0.05, 0) is 123 Å². The highest BCUT2D eigenvalue weighted by Crippen LogP contribution is 2.45. The molecule has 3 saturated carbocycles. The van der Waals surface area contributed by atoms with Crippen molar-refractivity contribution in [2.75, 3.05) is 0 Å². The molecule has 39 heavy (non-hydrogen) atoms. The van der Waals surface area contributed by atoms with E-state index in [0.29, 0.717) is 23.0 Å². The lowest BCUT2D eigenvalue weighted by Crippen LogP contribution is -2.25. The van der Waals surface area contributed by atoms with Crippen molar-refractivity contribution in [2.24, 2.45) is 23.7 Å². The summed E-state index contributed by atoms with van der Waals surface area (Å²) in [5, 5.41) is 0. The molecule has 0 N–H and O–H groups in total. The van der Waals surface area contributed by atoms with Gasteiger partial charge in [0.05, 0.1) is 0 Å². The standard InChI is InChI=1S/C37H52F2/c1-3-5-6-7-27-10-14-28(15-11-27)29-16-18-31(19-17-29)33-21-23-35(37(39)25-33)34-22-20-32(24-36(34)38)30-12-8-26(4-2)9-13-30/h20-31H,3-19H2,1-2H3. The van der Waals surface area contributed by atoms with Gasteiger partial charge in [-0.15, -0.1) is 0 Å². The maximum atomic E-state index is 15.4. The van der Waals surface area contributed by atoms with E-state index in [1.54, 1.807) is 12.1 Å². The van der Waals surface area contributed by atoms with Crippen LogP contribution in [-0.4, -0.2) is 0 Å². The molecule has 3 aliphatic rings. The monoisotopic (exact) mass is 534 g/mol. The Bertz CT molecular complexity index is 1030. The van der Waals surface area contributed by atoms with E-state index in [1.165, 1.54) is 96.3 Å². The predicted molar refractivity (Wildman–Crippen MR) is 161 cm³/mol. The van der Waals surface area contributed by atoms with Crippen molar-refractivity contribution < 1.29 is 8.78 Å². The van der Waals surface area contributed by atoms with Crippen molar-refractivity contribution in [1.29, 1.82) is 0 Å². The van der Waals surface area contributed by atoms with E-state index in [2.05, 4.69) is 19.9 Å². The number of rotatable bonds is 9. The molecule has 5 rings (SSSR count). The lowest BCUT2D eigenvalue weighted by molar-refractivity contribution is 0.155. The van der Waals surface area contributed by atoms with Gasteiger partial charge in [0.1, 0.15) is 11.6 Å². The van der Waals surface area contributed by atoms with Gasteiger partial charge in [0.2, 0.25) is 0 Å². The molecular formula is C37H52F2. The van der Waals surface area contributed by atoms with Crippen molar-refractivity contribution >= 4 is 0 Å². The molecule has 0 aliphatic heterocycles. The van der Waals surface area contributed by atoms with E-state index in [0.717, 1.165) is 47.6 Å². The Morgan fingerprint density at radius 3 is 1.49 bits per heavy atom. The summed E-state index contributed by atoms with van der Waals surface area (Å²) in [5.41, 5.74) is 3.00. The number of unbranched alkanes of at least 4 members (excludes halogenated alkanes) is 2. The summed E-state index contributed by atoms with van der Waals surface area (Å²) in [4.78, 5) is 0. The summed E-state index contributed by atoms with van der Waals surface area (Å²) >= 11 is 0. The van der Waals surface area contributed by atoms with E-state index >= 15 is 8.78 Å². The molecule has 0 unspecified atom stereocenters. The third-order valence-corrected chi connectivity index (χ3v) is 11.2. The van der Waals surface area contributed by atoms with E-state index < -0.39 is 0 Å². The van der Waals surface area contributed by atoms with E-state index in [1.807, 2.05) is 18.2 Å². The van der Waals surface area contributed by atoms with E-state index in [9.17, 15) is 0 Å². The lowest BCUT2D eigenvalue weighted by Gasteiger charge is -2.38. The van der Waals surface area contributed by atoms with Crippen LogP contribution in [0.4, 0.5) is 8.78 Å². The van der Waals surface area contributed by atoms with Crippen molar-refractivity contribution in [3.63, 3.8) is 0 Å². The molecule has 214 valence electrons. The predicted octanol–water partition coefficient (Wildman–Crippen LogP) is 12.0. The molecule has 0 bridgehead atoms. The molecule has 0 saturated heterocycles. The fourth-order valence-electron chi connectivity index (χ4n) is 8.47. The SMILES string of the molecule is CCCCCC1CCC(C2CCC(c3ccc(-c4ccc(C5CCC(CC)CC5)cc4F)c(F)c3)CC2)CC1. The Balaban J connectivity index is 1.15. The van der Waals surface area contributed by atoms with Gasteiger partial charge in [0, 0.05) is 11.1 Å². The van der Waals surface area contributed by atoms with Gasteiger partial charge in [-0.3, -0.25) is 0 Å². The van der Waals surface area contributed by atoms with Crippen LogP contribution in [0, 0.1) is 35.3 Å². The highest BCUT2D eigenvalue weighted by molar-refractivity contribution is 5.66. The van der Waals surface area contributed by atoms with Gasteiger partial charge in [0.15, 0.2) is 0 Å². The maximum Gasteiger partial charge on any atom is 0.131 e. The minimum Gasteiger partial charge on any atom is -0.206 e. The molecule has 0 amide bonds. The fourth-order valence-corrected chi connectivity index (χ4v) is 8.47. The smallest absolute Gasteiger partial charge is 0.131 e. The molecule has 0 atom stereocenters. The second kappa shape index (κ2) is 13.8. The average molecular weight is 535 g/mol. The van der Waals surface area contributed by atoms with Gasteiger partial charge >= 0.3 is 0 Å². The zero-order valence-corrected chi connectivity index (χ0v) is 24.7. The topological polar surface area (TPSA) is 0 Å². The second-order valence-electron chi connectivity index (χ2n) is 13.5. The Hall–Kier alpha value is -1.70. The molecule has 2 aromatic rings. The minimum absolute atomic E-state index is 0.272. The summed E-state index contributed by atoms with van der Waals surface area (Å²) in [6.45, 7) is 4.57. The van der Waals surface area contributed by atoms with Crippen LogP contribution in [0.2, 0.25) is 0 Å². The number of hydrogen-bond donors (Lipinski definition) is 0. The third-order valence-electron chi connectivity index (χ3n) is 11.2. The largest absolute Gasteiger partial charge is 0.206 e. The third kappa shape index (κ3) is 7.15. The highest BCUT2D eigenvalue weighted by atomic mass is 19.1. The zero-order valence-electron chi connectivity index (χ0n) is 24.7. The first-order valence-electron chi connectivity index (χ1n) is 16.6. The fraction of sp³-hybridized carbons (Fsp3) is 0.676. The first-order chi connectivity index (χ1) is 19.1. The summed E-state index contributed by atoms with van der Waals surface area (Å²) in [6, 6.07) is 11.2. The van der Waals surface area contributed by atoms with Gasteiger partial charge in [-0.25, -0.2) is 8.78 Å². The Morgan fingerprint density at radius 1 is 0.564 bits per heavy atom. The number of benzene rings is 2. The number of halogens is 2. The summed E-state index contributed by atoms with van der Waals surface area (Å²) in [7, 11) is 0. The van der Waals surface area contributed by atoms with Gasteiger partial charge in [0.25, 0.3) is 0 Å². The second-order valence-corrected chi connectivity index (χ2v) is 13.5.